The van der Waals surface area contributed by atoms with E-state index >= 15 is 0 Å². The lowest BCUT2D eigenvalue weighted by Gasteiger charge is -2.07. The topological polar surface area (TPSA) is 114 Å². The van der Waals surface area contributed by atoms with Gasteiger partial charge in [0.05, 0.1) is 17.9 Å². The van der Waals surface area contributed by atoms with Crippen LogP contribution in [0, 0.1) is 11.6 Å². The van der Waals surface area contributed by atoms with Crippen LogP contribution >= 0.6 is 0 Å². The lowest BCUT2D eigenvalue weighted by Crippen LogP contribution is -2.09. The number of benzene rings is 1. The molecule has 3 aromatic heterocycles. The highest BCUT2D eigenvalue weighted by molar-refractivity contribution is 6.16. The van der Waals surface area contributed by atoms with Crippen LogP contribution in [0.25, 0.3) is 22.2 Å². The number of aromatic amines is 1. The molecule has 0 bridgehead atoms. The zero-order chi connectivity index (χ0) is 21.3. The number of carbonyl (C=O) groups is 1. The number of carbonyl (C=O) groups excluding carboxylic acids is 1. The van der Waals surface area contributed by atoms with Gasteiger partial charge in [-0.1, -0.05) is 0 Å². The number of H-pyrrole nitrogens is 1. The highest BCUT2D eigenvalue weighted by Gasteiger charge is 2.24. The molecule has 1 aromatic carbocycles. The van der Waals surface area contributed by atoms with E-state index in [9.17, 15) is 13.6 Å². The molecule has 0 spiro atoms. The smallest absolute Gasteiger partial charge is 0.213 e. The minimum atomic E-state index is -1.10. The predicted molar refractivity (Wildman–Crippen MR) is 106 cm³/mol. The Morgan fingerprint density at radius 1 is 1.13 bits per heavy atom. The summed E-state index contributed by atoms with van der Waals surface area (Å²) in [6.45, 7) is 0.00830. The molecule has 0 saturated heterocycles. The summed E-state index contributed by atoms with van der Waals surface area (Å²) < 4.78 is 33.7. The van der Waals surface area contributed by atoms with Crippen LogP contribution in [-0.4, -0.2) is 39.1 Å². The fraction of sp³-hybridized carbons (Fsp3) is 0.0952. The van der Waals surface area contributed by atoms with Gasteiger partial charge < -0.3 is 20.6 Å². The van der Waals surface area contributed by atoms with Crippen LogP contribution < -0.4 is 10.5 Å². The summed E-state index contributed by atoms with van der Waals surface area (Å²) in [4.78, 5) is 24.1. The Morgan fingerprint density at radius 3 is 2.67 bits per heavy atom. The Morgan fingerprint density at radius 2 is 1.93 bits per heavy atom. The number of aromatic nitrogens is 3. The minimum Gasteiger partial charge on any atom is -0.475 e. The maximum absolute atomic E-state index is 14.3. The van der Waals surface area contributed by atoms with Crippen LogP contribution in [0.2, 0.25) is 0 Å². The molecule has 4 rings (SSSR count). The van der Waals surface area contributed by atoms with E-state index in [-0.39, 0.29) is 24.5 Å². The van der Waals surface area contributed by atoms with Crippen molar-refractivity contribution in [3.8, 4) is 17.0 Å². The molecule has 0 aliphatic rings. The van der Waals surface area contributed by atoms with Gasteiger partial charge in [-0.2, -0.15) is 0 Å². The molecule has 0 amide bonds. The molecule has 9 heteroatoms. The standard InChI is InChI=1S/C21H16F2N4O3/c22-15-2-3-16(24)19(23)18(15)20(29)14-10-27-21-13(14)7-12(9-26-21)11-1-4-17(25-8-11)30-6-5-28/h1-4,7-10,28H,5-6,24H2,(H,26,27). The van der Waals surface area contributed by atoms with Gasteiger partial charge in [-0.25, -0.2) is 18.7 Å². The van der Waals surface area contributed by atoms with Crippen molar-refractivity contribution < 1.29 is 23.4 Å². The van der Waals surface area contributed by atoms with Gasteiger partial charge in [-0.05, 0) is 24.3 Å². The summed E-state index contributed by atoms with van der Waals surface area (Å²) in [5.41, 5.74) is 6.26. The Labute approximate surface area is 169 Å². The fourth-order valence-corrected chi connectivity index (χ4v) is 3.05. The average molecular weight is 410 g/mol. The van der Waals surface area contributed by atoms with Gasteiger partial charge in [0.2, 0.25) is 11.7 Å². The number of pyridine rings is 2. The third-order valence-electron chi connectivity index (χ3n) is 4.53. The van der Waals surface area contributed by atoms with Crippen molar-refractivity contribution in [3.63, 3.8) is 0 Å². The first-order chi connectivity index (χ1) is 14.5. The first-order valence-corrected chi connectivity index (χ1v) is 8.95. The minimum absolute atomic E-state index is 0.0682. The molecule has 0 unspecified atom stereocenters. The van der Waals surface area contributed by atoms with Gasteiger partial charge in [0.15, 0.2) is 5.82 Å². The van der Waals surface area contributed by atoms with Crippen molar-refractivity contribution in [2.45, 2.75) is 0 Å². The Bertz CT molecular complexity index is 1240. The molecular formula is C21H16F2N4O3. The number of ketones is 1. The molecule has 152 valence electrons. The highest BCUT2D eigenvalue weighted by Crippen LogP contribution is 2.28. The predicted octanol–water partition coefficient (Wildman–Crippen LogP) is 3.09. The third-order valence-corrected chi connectivity index (χ3v) is 4.53. The number of anilines is 1. The second-order valence-electron chi connectivity index (χ2n) is 6.43. The molecule has 0 aliphatic heterocycles. The molecule has 4 N–H and O–H groups in total. The number of halogens is 2. The van der Waals surface area contributed by atoms with Gasteiger partial charge in [0.1, 0.15) is 18.1 Å². The van der Waals surface area contributed by atoms with Crippen LogP contribution in [0.3, 0.4) is 0 Å². The van der Waals surface area contributed by atoms with Gasteiger partial charge in [0.25, 0.3) is 0 Å². The van der Waals surface area contributed by atoms with Gasteiger partial charge >= 0.3 is 0 Å². The van der Waals surface area contributed by atoms with Crippen molar-refractivity contribution >= 4 is 22.5 Å². The molecule has 0 radical (unpaired) electrons. The van der Waals surface area contributed by atoms with E-state index in [1.165, 1.54) is 6.20 Å². The van der Waals surface area contributed by atoms with E-state index in [2.05, 4.69) is 15.0 Å². The summed E-state index contributed by atoms with van der Waals surface area (Å²) in [6, 6.07) is 7.08. The van der Waals surface area contributed by atoms with E-state index in [1.807, 2.05) is 0 Å². The molecule has 4 aromatic rings. The third kappa shape index (κ3) is 3.46. The first-order valence-electron chi connectivity index (χ1n) is 8.95. The van der Waals surface area contributed by atoms with Crippen LogP contribution in [-0.2, 0) is 0 Å². The maximum Gasteiger partial charge on any atom is 0.213 e. The van der Waals surface area contributed by atoms with Crippen molar-refractivity contribution in [2.24, 2.45) is 0 Å². The lowest BCUT2D eigenvalue weighted by atomic mass is 10.00. The number of fused-ring (bicyclic) bond motifs is 1. The molecule has 0 fully saturated rings. The largest absolute Gasteiger partial charge is 0.475 e. The van der Waals surface area contributed by atoms with Crippen LogP contribution in [0.5, 0.6) is 5.88 Å². The van der Waals surface area contributed by atoms with E-state index in [0.717, 1.165) is 12.1 Å². The van der Waals surface area contributed by atoms with Crippen molar-refractivity contribution in [3.05, 3.63) is 71.7 Å². The normalized spacial score (nSPS) is 11.0. The second-order valence-corrected chi connectivity index (χ2v) is 6.43. The quantitative estimate of drug-likeness (QED) is 0.332. The molecule has 3 heterocycles. The fourth-order valence-electron chi connectivity index (χ4n) is 3.05. The monoisotopic (exact) mass is 410 g/mol. The van der Waals surface area contributed by atoms with Crippen molar-refractivity contribution in [2.75, 3.05) is 18.9 Å². The number of nitrogens with one attached hydrogen (secondary N) is 1. The van der Waals surface area contributed by atoms with Crippen molar-refractivity contribution in [1.82, 2.24) is 15.0 Å². The van der Waals surface area contributed by atoms with Gasteiger partial charge in [-0.15, -0.1) is 0 Å². The number of nitrogens with two attached hydrogens (primary N) is 1. The van der Waals surface area contributed by atoms with E-state index in [1.54, 1.807) is 30.6 Å². The number of hydrogen-bond donors (Lipinski definition) is 3. The molecule has 0 aliphatic carbocycles. The number of ether oxygens (including phenoxy) is 1. The van der Waals surface area contributed by atoms with Crippen LogP contribution in [0.4, 0.5) is 14.5 Å². The van der Waals surface area contributed by atoms with Crippen LogP contribution in [0.15, 0.2) is 48.9 Å². The number of hydrogen-bond acceptors (Lipinski definition) is 6. The number of nitrogen functional groups attached to an aromatic ring is 1. The van der Waals surface area contributed by atoms with Crippen molar-refractivity contribution in [1.29, 1.82) is 0 Å². The zero-order valence-corrected chi connectivity index (χ0v) is 15.5. The maximum atomic E-state index is 14.3. The lowest BCUT2D eigenvalue weighted by molar-refractivity contribution is 0.103. The summed E-state index contributed by atoms with van der Waals surface area (Å²) in [5.74, 6) is -2.57. The highest BCUT2D eigenvalue weighted by atomic mass is 19.1. The summed E-state index contributed by atoms with van der Waals surface area (Å²) >= 11 is 0. The number of rotatable bonds is 6. The SMILES string of the molecule is Nc1ccc(F)c(C(=O)c2c[nH]c3ncc(-c4ccc(OCCO)nc4)cc23)c1F. The molecule has 30 heavy (non-hydrogen) atoms. The Kier molecular flexibility index (Phi) is 5.11. The number of nitrogens with zero attached hydrogens (tertiary/aromatic N) is 2. The zero-order valence-electron chi connectivity index (χ0n) is 15.5. The van der Waals surface area contributed by atoms with E-state index in [4.69, 9.17) is 15.6 Å². The van der Waals surface area contributed by atoms with E-state index in [0.29, 0.717) is 28.0 Å². The first kappa shape index (κ1) is 19.5. The molecule has 7 nitrogen and oxygen atoms in total. The second kappa shape index (κ2) is 7.88. The Hall–Kier alpha value is -3.85. The van der Waals surface area contributed by atoms with Gasteiger partial charge in [0, 0.05) is 46.7 Å². The van der Waals surface area contributed by atoms with E-state index < -0.39 is 23.0 Å². The number of aliphatic hydroxyl groups is 1. The average Bonchev–Trinajstić information content (AvgIpc) is 3.18. The number of aliphatic hydroxyl groups excluding tert-OH is 1. The van der Waals surface area contributed by atoms with Gasteiger partial charge in [-0.3, -0.25) is 4.79 Å². The van der Waals surface area contributed by atoms with Crippen LogP contribution in [0.1, 0.15) is 15.9 Å². The molecule has 0 atom stereocenters. The molecular weight excluding hydrogens is 394 g/mol. The Balaban J connectivity index is 1.74. The molecule has 0 saturated carbocycles. The summed E-state index contributed by atoms with van der Waals surface area (Å²) in [7, 11) is 0. The summed E-state index contributed by atoms with van der Waals surface area (Å²) in [5, 5.41) is 9.20. The summed E-state index contributed by atoms with van der Waals surface area (Å²) in [6.07, 6.45) is 4.50.